The summed E-state index contributed by atoms with van der Waals surface area (Å²) in [5.74, 6) is 0.857. The molecule has 1 aromatic heterocycles. The van der Waals surface area contributed by atoms with Crippen LogP contribution >= 0.6 is 0 Å². The number of hydrogen-bond donors (Lipinski definition) is 0. The molecular weight excluding hydrogens is 134 g/mol. The van der Waals surface area contributed by atoms with E-state index in [9.17, 15) is 0 Å². The second-order valence-electron chi connectivity index (χ2n) is 2.98. The molecule has 1 saturated carbocycles. The van der Waals surface area contributed by atoms with Gasteiger partial charge in [-0.15, -0.1) is 0 Å². The van der Waals surface area contributed by atoms with Gasteiger partial charge in [-0.3, -0.25) is 4.98 Å². The van der Waals surface area contributed by atoms with E-state index in [0.717, 1.165) is 5.92 Å². The molecule has 1 heterocycles. The Bertz CT molecular complexity index is 247. The summed E-state index contributed by atoms with van der Waals surface area (Å²) in [6, 6.07) is 4.04. The molecule has 2 rings (SSSR count). The third-order valence-electron chi connectivity index (χ3n) is 1.87. The first kappa shape index (κ1) is 6.59. The van der Waals surface area contributed by atoms with E-state index in [2.05, 4.69) is 23.2 Å². The van der Waals surface area contributed by atoms with Gasteiger partial charge >= 0.3 is 0 Å². The van der Waals surface area contributed by atoms with E-state index in [1.54, 1.807) is 6.20 Å². The Hall–Kier alpha value is -1.11. The minimum absolute atomic E-state index is 0.857. The number of hydrogen-bond acceptors (Lipinski definition) is 1. The zero-order valence-corrected chi connectivity index (χ0v) is 6.40. The fourth-order valence-corrected chi connectivity index (χ4v) is 1.01. The van der Waals surface area contributed by atoms with Gasteiger partial charge in [-0.1, -0.05) is 18.2 Å². The highest BCUT2D eigenvalue weighted by molar-refractivity contribution is 5.48. The summed E-state index contributed by atoms with van der Waals surface area (Å²) in [7, 11) is 0. The zero-order valence-electron chi connectivity index (χ0n) is 6.40. The van der Waals surface area contributed by atoms with Crippen LogP contribution in [-0.2, 0) is 0 Å². The predicted molar refractivity (Wildman–Crippen MR) is 46.0 cm³/mol. The maximum Gasteiger partial charge on any atom is 0.0340 e. The van der Waals surface area contributed by atoms with Crippen LogP contribution in [-0.4, -0.2) is 4.98 Å². The first-order valence-corrected chi connectivity index (χ1v) is 4.03. The van der Waals surface area contributed by atoms with E-state index in [1.807, 2.05) is 12.3 Å². The Labute approximate surface area is 66.8 Å². The Balaban J connectivity index is 2.05. The van der Waals surface area contributed by atoms with Gasteiger partial charge in [0.1, 0.15) is 0 Å². The van der Waals surface area contributed by atoms with Crippen molar-refractivity contribution in [1.82, 2.24) is 4.98 Å². The summed E-state index contributed by atoms with van der Waals surface area (Å²) in [6.07, 6.45) is 10.9. The lowest BCUT2D eigenvalue weighted by Gasteiger charge is -1.88. The molecule has 0 aliphatic heterocycles. The molecular formula is C10H11N. The maximum atomic E-state index is 4.03. The quantitative estimate of drug-likeness (QED) is 0.623. The van der Waals surface area contributed by atoms with Crippen LogP contribution in [0, 0.1) is 5.92 Å². The minimum Gasteiger partial charge on any atom is -0.264 e. The van der Waals surface area contributed by atoms with Crippen LogP contribution in [0.4, 0.5) is 0 Å². The van der Waals surface area contributed by atoms with Crippen molar-refractivity contribution >= 4 is 6.08 Å². The fraction of sp³-hybridized carbons (Fsp3) is 0.300. The summed E-state index contributed by atoms with van der Waals surface area (Å²) >= 11 is 0. The molecule has 11 heavy (non-hydrogen) atoms. The SMILES string of the molecule is C(=C\C1CC1)/c1cccnc1. The average Bonchev–Trinajstić information content (AvgIpc) is 2.86. The molecule has 0 aromatic carbocycles. The van der Waals surface area contributed by atoms with Gasteiger partial charge in [-0.05, 0) is 30.4 Å². The van der Waals surface area contributed by atoms with Crippen molar-refractivity contribution in [3.8, 4) is 0 Å². The van der Waals surface area contributed by atoms with Gasteiger partial charge in [-0.2, -0.15) is 0 Å². The first-order valence-electron chi connectivity index (χ1n) is 4.03. The second kappa shape index (κ2) is 2.87. The van der Waals surface area contributed by atoms with Gasteiger partial charge in [-0.25, -0.2) is 0 Å². The zero-order chi connectivity index (χ0) is 7.52. The largest absolute Gasteiger partial charge is 0.264 e. The van der Waals surface area contributed by atoms with Crippen molar-refractivity contribution in [2.45, 2.75) is 12.8 Å². The molecule has 1 aliphatic carbocycles. The van der Waals surface area contributed by atoms with E-state index in [1.165, 1.54) is 18.4 Å². The van der Waals surface area contributed by atoms with Crippen molar-refractivity contribution in [1.29, 1.82) is 0 Å². The minimum atomic E-state index is 0.857. The summed E-state index contributed by atoms with van der Waals surface area (Å²) < 4.78 is 0. The number of allylic oxidation sites excluding steroid dienone is 1. The summed E-state index contributed by atoms with van der Waals surface area (Å²) in [5.41, 5.74) is 1.21. The molecule has 1 fully saturated rings. The molecule has 0 unspecified atom stereocenters. The maximum absolute atomic E-state index is 4.03. The van der Waals surface area contributed by atoms with Crippen molar-refractivity contribution in [3.63, 3.8) is 0 Å². The van der Waals surface area contributed by atoms with Crippen molar-refractivity contribution in [2.75, 3.05) is 0 Å². The molecule has 1 aromatic rings. The molecule has 56 valence electrons. The topological polar surface area (TPSA) is 12.9 Å². The molecule has 1 nitrogen and oxygen atoms in total. The molecule has 0 atom stereocenters. The van der Waals surface area contributed by atoms with E-state index in [0.29, 0.717) is 0 Å². The third-order valence-corrected chi connectivity index (χ3v) is 1.87. The van der Waals surface area contributed by atoms with Crippen LogP contribution in [0.5, 0.6) is 0 Å². The van der Waals surface area contributed by atoms with E-state index < -0.39 is 0 Å². The number of rotatable bonds is 2. The van der Waals surface area contributed by atoms with Crippen molar-refractivity contribution in [2.24, 2.45) is 5.92 Å². The van der Waals surface area contributed by atoms with Crippen LogP contribution in [0.2, 0.25) is 0 Å². The van der Waals surface area contributed by atoms with E-state index in [-0.39, 0.29) is 0 Å². The summed E-state index contributed by atoms with van der Waals surface area (Å²) in [5, 5.41) is 0. The van der Waals surface area contributed by atoms with Gasteiger partial charge in [0.2, 0.25) is 0 Å². The molecule has 0 saturated heterocycles. The number of pyridine rings is 1. The average molecular weight is 145 g/mol. The summed E-state index contributed by atoms with van der Waals surface area (Å²) in [4.78, 5) is 4.03. The molecule has 1 aliphatic rings. The smallest absolute Gasteiger partial charge is 0.0340 e. The van der Waals surface area contributed by atoms with Crippen molar-refractivity contribution < 1.29 is 0 Å². The standard InChI is InChI=1S/C10H11N/c1-2-10(8-11-7-1)6-5-9-3-4-9/h1-2,5-9H,3-4H2/b6-5+. The lowest BCUT2D eigenvalue weighted by molar-refractivity contribution is 1.13. The Morgan fingerprint density at radius 3 is 3.00 bits per heavy atom. The first-order chi connectivity index (χ1) is 5.45. The van der Waals surface area contributed by atoms with Gasteiger partial charge in [0.15, 0.2) is 0 Å². The number of aromatic nitrogens is 1. The highest BCUT2D eigenvalue weighted by atomic mass is 14.6. The lowest BCUT2D eigenvalue weighted by Crippen LogP contribution is -1.73. The molecule has 0 bridgehead atoms. The van der Waals surface area contributed by atoms with Crippen LogP contribution in [0.25, 0.3) is 6.08 Å². The predicted octanol–water partition coefficient (Wildman–Crippen LogP) is 2.50. The normalized spacial score (nSPS) is 17.5. The number of nitrogens with zero attached hydrogens (tertiary/aromatic N) is 1. The van der Waals surface area contributed by atoms with E-state index >= 15 is 0 Å². The van der Waals surface area contributed by atoms with Crippen LogP contribution in [0.1, 0.15) is 18.4 Å². The highest BCUT2D eigenvalue weighted by Crippen LogP contribution is 2.30. The third kappa shape index (κ3) is 1.90. The van der Waals surface area contributed by atoms with Crippen LogP contribution < -0.4 is 0 Å². The fourth-order valence-electron chi connectivity index (χ4n) is 1.01. The van der Waals surface area contributed by atoms with Gasteiger partial charge in [0.25, 0.3) is 0 Å². The summed E-state index contributed by atoms with van der Waals surface area (Å²) in [6.45, 7) is 0. The van der Waals surface area contributed by atoms with Gasteiger partial charge in [0, 0.05) is 12.4 Å². The molecule has 1 heteroatoms. The van der Waals surface area contributed by atoms with Crippen LogP contribution in [0.15, 0.2) is 30.6 Å². The Morgan fingerprint density at radius 2 is 2.36 bits per heavy atom. The van der Waals surface area contributed by atoms with Crippen LogP contribution in [0.3, 0.4) is 0 Å². The molecule has 0 N–H and O–H groups in total. The molecule has 0 amide bonds. The monoisotopic (exact) mass is 145 g/mol. The lowest BCUT2D eigenvalue weighted by atomic mass is 10.2. The van der Waals surface area contributed by atoms with Crippen molar-refractivity contribution in [3.05, 3.63) is 36.2 Å². The highest BCUT2D eigenvalue weighted by Gasteiger charge is 2.16. The van der Waals surface area contributed by atoms with Gasteiger partial charge < -0.3 is 0 Å². The molecule has 0 radical (unpaired) electrons. The molecule has 0 spiro atoms. The second-order valence-corrected chi connectivity index (χ2v) is 2.98. The Kier molecular flexibility index (Phi) is 1.72. The van der Waals surface area contributed by atoms with E-state index in [4.69, 9.17) is 0 Å². The Morgan fingerprint density at radius 1 is 1.45 bits per heavy atom. The van der Waals surface area contributed by atoms with Gasteiger partial charge in [0.05, 0.1) is 0 Å².